The van der Waals surface area contributed by atoms with Crippen LogP contribution in [0.4, 0.5) is 0 Å². The molecule has 23 heavy (non-hydrogen) atoms. The molecule has 2 aromatic carbocycles. The Morgan fingerprint density at radius 3 is 1.78 bits per heavy atom. The Hall–Kier alpha value is -3.15. The fourth-order valence-electron chi connectivity index (χ4n) is 2.19. The van der Waals surface area contributed by atoms with Crippen LogP contribution in [0.3, 0.4) is 0 Å². The van der Waals surface area contributed by atoms with Crippen LogP contribution in [0, 0.1) is 0 Å². The minimum absolute atomic E-state index is 0.275. The van der Waals surface area contributed by atoms with Crippen molar-refractivity contribution in [1.29, 1.82) is 0 Å². The molecule has 112 valence electrons. The predicted octanol–water partition coefficient (Wildman–Crippen LogP) is 2.08. The van der Waals surface area contributed by atoms with Crippen LogP contribution in [0.1, 0.15) is 15.9 Å². The summed E-state index contributed by atoms with van der Waals surface area (Å²) in [5.74, 6) is -2.41. The number of hydrogen-bond donors (Lipinski definition) is 0. The highest BCUT2D eigenvalue weighted by molar-refractivity contribution is 6.76. The van der Waals surface area contributed by atoms with E-state index in [1.54, 1.807) is 54.6 Å². The topological polar surface area (TPSA) is 69.7 Å². The first-order chi connectivity index (χ1) is 11.1. The molecule has 0 radical (unpaired) electrons. The number of carbonyl (C=O) groups is 3. The Morgan fingerprint density at radius 2 is 1.26 bits per heavy atom. The summed E-state index contributed by atoms with van der Waals surface area (Å²) in [6.07, 6.45) is 1.32. The molecule has 0 amide bonds. The van der Waals surface area contributed by atoms with E-state index in [0.29, 0.717) is 16.6 Å². The highest BCUT2D eigenvalue weighted by Crippen LogP contribution is 2.23. The lowest BCUT2D eigenvalue weighted by atomic mass is 9.73. The minimum atomic E-state index is -1.22. The van der Waals surface area contributed by atoms with E-state index in [0.717, 1.165) is 0 Å². The van der Waals surface area contributed by atoms with E-state index in [4.69, 9.17) is 9.31 Å². The van der Waals surface area contributed by atoms with Gasteiger partial charge >= 0.3 is 19.1 Å². The van der Waals surface area contributed by atoms with Gasteiger partial charge in [0.25, 0.3) is 0 Å². The summed E-state index contributed by atoms with van der Waals surface area (Å²) in [5, 5.41) is 0. The van der Waals surface area contributed by atoms with Gasteiger partial charge in [-0.15, -0.1) is 0 Å². The molecule has 1 aliphatic heterocycles. The first-order valence-corrected chi connectivity index (χ1v) is 6.93. The van der Waals surface area contributed by atoms with Gasteiger partial charge < -0.3 is 9.31 Å². The summed E-state index contributed by atoms with van der Waals surface area (Å²) in [5.41, 5.74) is 1.43. The lowest BCUT2D eigenvalue weighted by Crippen LogP contribution is -2.19. The summed E-state index contributed by atoms with van der Waals surface area (Å²) in [4.78, 5) is 34.9. The van der Waals surface area contributed by atoms with E-state index >= 15 is 0 Å². The van der Waals surface area contributed by atoms with Gasteiger partial charge in [-0.1, -0.05) is 60.7 Å². The Labute approximate surface area is 132 Å². The fourth-order valence-corrected chi connectivity index (χ4v) is 2.19. The standard InChI is InChI=1S/C17H11BO5/c19-15(13-9-5-2-6-10-13)11-14(12-7-3-1-4-8-12)18-22-16(20)17(21)23-18/h1-11H/b14-11+. The molecular weight excluding hydrogens is 295 g/mol. The summed E-state index contributed by atoms with van der Waals surface area (Å²) in [6.45, 7) is 0. The predicted molar refractivity (Wildman–Crippen MR) is 83.1 cm³/mol. The van der Waals surface area contributed by atoms with Gasteiger partial charge in [0, 0.05) is 11.0 Å². The molecule has 0 unspecified atom stereocenters. The lowest BCUT2D eigenvalue weighted by molar-refractivity contribution is -0.150. The van der Waals surface area contributed by atoms with Gasteiger partial charge in [0.1, 0.15) is 0 Å². The summed E-state index contributed by atoms with van der Waals surface area (Å²) >= 11 is 0. The zero-order valence-electron chi connectivity index (χ0n) is 12.0. The molecule has 0 spiro atoms. The second-order valence-electron chi connectivity index (χ2n) is 4.84. The van der Waals surface area contributed by atoms with E-state index in [2.05, 4.69) is 0 Å². The van der Waals surface area contributed by atoms with Gasteiger partial charge in [-0.25, -0.2) is 9.59 Å². The Bertz CT molecular complexity index is 767. The third-order valence-electron chi connectivity index (χ3n) is 3.30. The average molecular weight is 306 g/mol. The second kappa shape index (κ2) is 6.31. The zero-order valence-corrected chi connectivity index (χ0v) is 12.0. The van der Waals surface area contributed by atoms with E-state index in [1.807, 2.05) is 6.07 Å². The summed E-state index contributed by atoms with van der Waals surface area (Å²) < 4.78 is 9.79. The van der Waals surface area contributed by atoms with E-state index in [9.17, 15) is 14.4 Å². The average Bonchev–Trinajstić information content (AvgIpc) is 2.93. The number of allylic oxidation sites excluding steroid dienone is 1. The maximum atomic E-state index is 12.4. The van der Waals surface area contributed by atoms with Crippen molar-refractivity contribution in [2.24, 2.45) is 0 Å². The van der Waals surface area contributed by atoms with Crippen molar-refractivity contribution in [2.45, 2.75) is 0 Å². The number of benzene rings is 2. The highest BCUT2D eigenvalue weighted by Gasteiger charge is 2.44. The molecule has 0 aromatic heterocycles. The molecule has 5 nitrogen and oxygen atoms in total. The van der Waals surface area contributed by atoms with Crippen LogP contribution < -0.4 is 0 Å². The molecule has 0 N–H and O–H groups in total. The quantitative estimate of drug-likeness (QED) is 0.374. The number of carbonyl (C=O) groups excluding carboxylic acids is 3. The second-order valence-corrected chi connectivity index (χ2v) is 4.84. The molecule has 0 atom stereocenters. The van der Waals surface area contributed by atoms with E-state index < -0.39 is 19.1 Å². The smallest absolute Gasteiger partial charge is 0.487 e. The van der Waals surface area contributed by atoms with Crippen molar-refractivity contribution >= 4 is 30.3 Å². The monoisotopic (exact) mass is 306 g/mol. The summed E-state index contributed by atoms with van der Waals surface area (Å²) in [6, 6.07) is 17.5. The van der Waals surface area contributed by atoms with Crippen LogP contribution in [0.5, 0.6) is 0 Å². The number of hydrogen-bond acceptors (Lipinski definition) is 5. The zero-order chi connectivity index (χ0) is 16.2. The van der Waals surface area contributed by atoms with Gasteiger partial charge in [-0.2, -0.15) is 0 Å². The third-order valence-corrected chi connectivity index (χ3v) is 3.30. The SMILES string of the molecule is O=C1OB(/C(=C/C(=O)c2ccccc2)c2ccccc2)OC1=O. The molecule has 1 fully saturated rings. The number of rotatable bonds is 4. The molecule has 0 saturated carbocycles. The van der Waals surface area contributed by atoms with Gasteiger partial charge in [0.05, 0.1) is 0 Å². The minimum Gasteiger partial charge on any atom is -0.487 e. The van der Waals surface area contributed by atoms with Gasteiger partial charge in [-0.05, 0) is 11.6 Å². The summed E-state index contributed by atoms with van der Waals surface area (Å²) in [7, 11) is -1.22. The van der Waals surface area contributed by atoms with E-state index in [1.165, 1.54) is 6.08 Å². The van der Waals surface area contributed by atoms with Crippen LogP contribution in [-0.4, -0.2) is 24.8 Å². The van der Waals surface area contributed by atoms with Crippen molar-refractivity contribution in [3.63, 3.8) is 0 Å². The van der Waals surface area contributed by atoms with Crippen molar-refractivity contribution in [2.75, 3.05) is 0 Å². The lowest BCUT2D eigenvalue weighted by Gasteiger charge is -2.08. The van der Waals surface area contributed by atoms with Crippen LogP contribution in [0.25, 0.3) is 5.47 Å². The molecule has 0 bridgehead atoms. The molecular formula is C17H11BO5. The maximum absolute atomic E-state index is 12.4. The Balaban J connectivity index is 1.99. The number of ketones is 1. The highest BCUT2D eigenvalue weighted by atomic mass is 16.7. The molecule has 1 aliphatic rings. The Morgan fingerprint density at radius 1 is 0.783 bits per heavy atom. The first-order valence-electron chi connectivity index (χ1n) is 6.93. The first kappa shape index (κ1) is 14.8. The fraction of sp³-hybridized carbons (Fsp3) is 0. The van der Waals surface area contributed by atoms with Gasteiger partial charge in [0.15, 0.2) is 5.78 Å². The van der Waals surface area contributed by atoms with E-state index in [-0.39, 0.29) is 5.78 Å². The van der Waals surface area contributed by atoms with Crippen LogP contribution in [-0.2, 0) is 18.9 Å². The van der Waals surface area contributed by atoms with Crippen LogP contribution >= 0.6 is 0 Å². The molecule has 6 heteroatoms. The van der Waals surface area contributed by atoms with Crippen molar-refractivity contribution in [3.8, 4) is 0 Å². The molecule has 3 rings (SSSR count). The third kappa shape index (κ3) is 3.21. The van der Waals surface area contributed by atoms with Crippen molar-refractivity contribution in [3.05, 3.63) is 77.9 Å². The normalized spacial score (nSPS) is 14.4. The van der Waals surface area contributed by atoms with Gasteiger partial charge in [0.2, 0.25) is 0 Å². The molecule has 2 aromatic rings. The maximum Gasteiger partial charge on any atom is 0.638 e. The molecule has 1 heterocycles. The van der Waals surface area contributed by atoms with Gasteiger partial charge in [-0.3, -0.25) is 4.79 Å². The van der Waals surface area contributed by atoms with Crippen molar-refractivity contribution < 1.29 is 23.7 Å². The van der Waals surface area contributed by atoms with Crippen molar-refractivity contribution in [1.82, 2.24) is 0 Å². The molecule has 0 aliphatic carbocycles. The largest absolute Gasteiger partial charge is 0.638 e. The van der Waals surface area contributed by atoms with Crippen LogP contribution in [0.2, 0.25) is 0 Å². The molecule has 1 saturated heterocycles. The Kier molecular flexibility index (Phi) is 4.06. The van der Waals surface area contributed by atoms with Crippen LogP contribution in [0.15, 0.2) is 66.7 Å².